The quantitative estimate of drug-likeness (QED) is 0.786. The second kappa shape index (κ2) is 5.85. The van der Waals surface area contributed by atoms with Crippen LogP contribution in [-0.4, -0.2) is 25.0 Å². The van der Waals surface area contributed by atoms with E-state index in [1.807, 2.05) is 0 Å². The predicted molar refractivity (Wildman–Crippen MR) is 69.7 cm³/mol. The molecule has 98 valence electrons. The summed E-state index contributed by atoms with van der Waals surface area (Å²) in [6.07, 6.45) is 6.29. The average molecular weight is 238 g/mol. The number of carbonyl (C=O) groups excluding carboxylic acids is 1. The molecule has 0 aromatic heterocycles. The second-order valence-electron chi connectivity index (χ2n) is 5.77. The molecule has 0 spiro atoms. The van der Waals surface area contributed by atoms with Crippen LogP contribution in [0.15, 0.2) is 0 Å². The van der Waals surface area contributed by atoms with Gasteiger partial charge in [-0.25, -0.2) is 0 Å². The van der Waals surface area contributed by atoms with Crippen molar-refractivity contribution in [1.29, 1.82) is 0 Å². The van der Waals surface area contributed by atoms with Crippen LogP contribution in [0.1, 0.15) is 46.0 Å². The summed E-state index contributed by atoms with van der Waals surface area (Å²) in [7, 11) is 0. The number of nitrogens with one attached hydrogen (secondary N) is 2. The summed E-state index contributed by atoms with van der Waals surface area (Å²) >= 11 is 0. The van der Waals surface area contributed by atoms with Crippen LogP contribution in [0.2, 0.25) is 0 Å². The first-order chi connectivity index (χ1) is 8.22. The van der Waals surface area contributed by atoms with Gasteiger partial charge in [0.05, 0.1) is 0 Å². The van der Waals surface area contributed by atoms with Crippen LogP contribution in [0.3, 0.4) is 0 Å². The molecule has 1 saturated carbocycles. The van der Waals surface area contributed by atoms with E-state index in [9.17, 15) is 4.79 Å². The minimum Gasteiger partial charge on any atom is -0.353 e. The van der Waals surface area contributed by atoms with Gasteiger partial charge in [-0.05, 0) is 37.8 Å². The summed E-state index contributed by atoms with van der Waals surface area (Å²) in [6.45, 7) is 6.34. The van der Waals surface area contributed by atoms with Gasteiger partial charge in [0.2, 0.25) is 5.91 Å². The van der Waals surface area contributed by atoms with Gasteiger partial charge in [-0.1, -0.05) is 33.1 Å². The Bertz CT molecular complexity index is 263. The molecule has 1 saturated heterocycles. The summed E-state index contributed by atoms with van der Waals surface area (Å²) in [4.78, 5) is 12.2. The Morgan fingerprint density at radius 3 is 2.65 bits per heavy atom. The van der Waals surface area contributed by atoms with Gasteiger partial charge in [-0.2, -0.15) is 0 Å². The third-order valence-corrected chi connectivity index (χ3v) is 4.69. The fourth-order valence-corrected chi connectivity index (χ4v) is 3.08. The lowest BCUT2D eigenvalue weighted by Gasteiger charge is -2.35. The van der Waals surface area contributed by atoms with Crippen molar-refractivity contribution in [3.8, 4) is 0 Å². The van der Waals surface area contributed by atoms with Crippen molar-refractivity contribution in [2.75, 3.05) is 13.1 Å². The maximum atomic E-state index is 12.2. The molecule has 0 aromatic carbocycles. The molecular weight excluding hydrogens is 212 g/mol. The molecule has 1 aliphatic carbocycles. The molecule has 3 heteroatoms. The Hall–Kier alpha value is -0.570. The Morgan fingerprint density at radius 1 is 1.35 bits per heavy atom. The van der Waals surface area contributed by atoms with E-state index in [0.29, 0.717) is 17.9 Å². The Kier molecular flexibility index (Phi) is 4.43. The Balaban J connectivity index is 1.83. The van der Waals surface area contributed by atoms with E-state index >= 15 is 0 Å². The van der Waals surface area contributed by atoms with E-state index in [1.54, 1.807) is 0 Å². The van der Waals surface area contributed by atoms with E-state index in [1.165, 1.54) is 32.1 Å². The zero-order valence-electron chi connectivity index (χ0n) is 11.2. The minimum absolute atomic E-state index is 0.177. The van der Waals surface area contributed by atoms with Crippen molar-refractivity contribution in [2.24, 2.45) is 17.8 Å². The molecule has 3 unspecified atom stereocenters. The molecule has 0 aromatic rings. The zero-order chi connectivity index (χ0) is 12.3. The van der Waals surface area contributed by atoms with Crippen molar-refractivity contribution in [1.82, 2.24) is 10.6 Å². The van der Waals surface area contributed by atoms with Crippen LogP contribution in [0, 0.1) is 17.8 Å². The van der Waals surface area contributed by atoms with Gasteiger partial charge in [-0.15, -0.1) is 0 Å². The normalized spacial score (nSPS) is 31.6. The van der Waals surface area contributed by atoms with Gasteiger partial charge >= 0.3 is 0 Å². The highest BCUT2D eigenvalue weighted by molar-refractivity contribution is 5.79. The highest BCUT2D eigenvalue weighted by Crippen LogP contribution is 2.27. The van der Waals surface area contributed by atoms with E-state index in [0.717, 1.165) is 13.1 Å². The SMILES string of the molecule is CCC1CCCCC1NC(=O)C(C)C1CNC1. The molecule has 0 bridgehead atoms. The van der Waals surface area contributed by atoms with Crippen LogP contribution in [0.5, 0.6) is 0 Å². The summed E-state index contributed by atoms with van der Waals surface area (Å²) in [5.41, 5.74) is 0. The number of carbonyl (C=O) groups is 1. The van der Waals surface area contributed by atoms with Crippen LogP contribution >= 0.6 is 0 Å². The number of rotatable bonds is 4. The monoisotopic (exact) mass is 238 g/mol. The highest BCUT2D eigenvalue weighted by Gasteiger charge is 2.31. The van der Waals surface area contributed by atoms with Crippen molar-refractivity contribution in [3.05, 3.63) is 0 Å². The topological polar surface area (TPSA) is 41.1 Å². The molecule has 3 atom stereocenters. The lowest BCUT2D eigenvalue weighted by Crippen LogP contribution is -2.52. The lowest BCUT2D eigenvalue weighted by molar-refractivity contribution is -0.128. The third-order valence-electron chi connectivity index (χ3n) is 4.69. The third kappa shape index (κ3) is 3.01. The zero-order valence-corrected chi connectivity index (χ0v) is 11.2. The van der Waals surface area contributed by atoms with Crippen molar-refractivity contribution in [3.63, 3.8) is 0 Å². The molecule has 1 aliphatic heterocycles. The first-order valence-electron chi connectivity index (χ1n) is 7.23. The first-order valence-corrected chi connectivity index (χ1v) is 7.23. The smallest absolute Gasteiger partial charge is 0.223 e. The maximum Gasteiger partial charge on any atom is 0.223 e. The van der Waals surface area contributed by atoms with Crippen molar-refractivity contribution >= 4 is 5.91 Å². The van der Waals surface area contributed by atoms with E-state index in [-0.39, 0.29) is 11.8 Å². The number of hydrogen-bond acceptors (Lipinski definition) is 2. The standard InChI is InChI=1S/C14H26N2O/c1-3-11-6-4-5-7-13(11)16-14(17)10(2)12-8-15-9-12/h10-13,15H,3-9H2,1-2H3,(H,16,17). The van der Waals surface area contributed by atoms with Gasteiger partial charge in [-0.3, -0.25) is 4.79 Å². The van der Waals surface area contributed by atoms with Crippen LogP contribution in [0.25, 0.3) is 0 Å². The Labute approximate surface area is 105 Å². The summed E-state index contributed by atoms with van der Waals surface area (Å²) in [6, 6.07) is 0.441. The van der Waals surface area contributed by atoms with E-state index in [2.05, 4.69) is 24.5 Å². The molecule has 1 heterocycles. The minimum atomic E-state index is 0.177. The molecule has 3 nitrogen and oxygen atoms in total. The van der Waals surface area contributed by atoms with Gasteiger partial charge in [0, 0.05) is 12.0 Å². The summed E-state index contributed by atoms with van der Waals surface area (Å²) in [5, 5.41) is 6.54. The number of hydrogen-bond donors (Lipinski definition) is 2. The molecule has 2 fully saturated rings. The van der Waals surface area contributed by atoms with Gasteiger partial charge in [0.25, 0.3) is 0 Å². The highest BCUT2D eigenvalue weighted by atomic mass is 16.1. The van der Waals surface area contributed by atoms with E-state index in [4.69, 9.17) is 0 Å². The molecule has 2 aliphatic rings. The molecule has 1 amide bonds. The maximum absolute atomic E-state index is 12.2. The molecule has 2 rings (SSSR count). The molecule has 17 heavy (non-hydrogen) atoms. The van der Waals surface area contributed by atoms with Crippen LogP contribution < -0.4 is 10.6 Å². The van der Waals surface area contributed by atoms with Crippen molar-refractivity contribution in [2.45, 2.75) is 52.0 Å². The van der Waals surface area contributed by atoms with Crippen molar-refractivity contribution < 1.29 is 4.79 Å². The summed E-state index contributed by atoms with van der Waals surface area (Å²) < 4.78 is 0. The first kappa shape index (κ1) is 12.9. The van der Waals surface area contributed by atoms with Gasteiger partial charge < -0.3 is 10.6 Å². The van der Waals surface area contributed by atoms with Crippen LogP contribution in [0.4, 0.5) is 0 Å². The second-order valence-corrected chi connectivity index (χ2v) is 5.77. The average Bonchev–Trinajstić information content (AvgIpc) is 2.27. The number of amides is 1. The van der Waals surface area contributed by atoms with E-state index < -0.39 is 0 Å². The van der Waals surface area contributed by atoms with Gasteiger partial charge in [0.15, 0.2) is 0 Å². The fraction of sp³-hybridized carbons (Fsp3) is 0.929. The Morgan fingerprint density at radius 2 is 2.06 bits per heavy atom. The van der Waals surface area contributed by atoms with Gasteiger partial charge in [0.1, 0.15) is 0 Å². The summed E-state index contributed by atoms with van der Waals surface area (Å²) in [5.74, 6) is 1.72. The predicted octanol–water partition coefficient (Wildman–Crippen LogP) is 1.93. The fourth-order valence-electron chi connectivity index (χ4n) is 3.08. The lowest BCUT2D eigenvalue weighted by atomic mass is 9.82. The molecule has 2 N–H and O–H groups in total. The molecular formula is C14H26N2O. The van der Waals surface area contributed by atoms with Crippen LogP contribution in [-0.2, 0) is 4.79 Å². The molecule has 0 radical (unpaired) electrons. The largest absolute Gasteiger partial charge is 0.353 e.